The summed E-state index contributed by atoms with van der Waals surface area (Å²) in [6, 6.07) is 1.32. The van der Waals surface area contributed by atoms with Gasteiger partial charge in [-0.05, 0) is 13.8 Å². The predicted molar refractivity (Wildman–Crippen MR) is 83.3 cm³/mol. The maximum Gasteiger partial charge on any atom is 0.390 e. The smallest absolute Gasteiger partial charge is 0.390 e. The molecule has 0 unspecified atom stereocenters. The SMILES string of the molecule is C=C(F)C(=O)ONc1ccn([C@@H]2O[C@H](CO)[C@H]3OC(C)(C)O[C@H]32)c(=O)n1. The highest BCUT2D eigenvalue weighted by Crippen LogP contribution is 2.42. The first kappa shape index (κ1) is 18.5. The molecule has 10 nitrogen and oxygen atoms in total. The van der Waals surface area contributed by atoms with E-state index in [2.05, 4.69) is 21.9 Å². The molecule has 3 heterocycles. The van der Waals surface area contributed by atoms with Crippen LogP contribution in [0.4, 0.5) is 10.2 Å². The lowest BCUT2D eigenvalue weighted by molar-refractivity contribution is -0.200. The second-order valence-corrected chi connectivity index (χ2v) is 6.21. The Morgan fingerprint density at radius 2 is 2.19 bits per heavy atom. The molecule has 0 amide bonds. The number of carbonyl (C=O) groups excluding carboxylic acids is 1. The number of nitrogens with zero attached hydrogens (tertiary/aromatic N) is 2. The van der Waals surface area contributed by atoms with Gasteiger partial charge in [0, 0.05) is 12.3 Å². The van der Waals surface area contributed by atoms with Crippen molar-refractivity contribution in [3.05, 3.63) is 35.2 Å². The lowest BCUT2D eigenvalue weighted by Gasteiger charge is -2.24. The summed E-state index contributed by atoms with van der Waals surface area (Å²) in [5.41, 5.74) is 1.32. The van der Waals surface area contributed by atoms with Crippen LogP contribution in [0.5, 0.6) is 0 Å². The first-order valence-corrected chi connectivity index (χ1v) is 7.74. The average Bonchev–Trinajstić information content (AvgIpc) is 3.05. The molecule has 2 fully saturated rings. The molecule has 0 aliphatic carbocycles. The number of halogens is 1. The van der Waals surface area contributed by atoms with Gasteiger partial charge < -0.3 is 24.2 Å². The highest BCUT2D eigenvalue weighted by atomic mass is 19.1. The van der Waals surface area contributed by atoms with E-state index in [9.17, 15) is 19.1 Å². The number of aliphatic hydroxyl groups is 1. The molecular formula is C15H18FN3O7. The van der Waals surface area contributed by atoms with Gasteiger partial charge in [0.2, 0.25) is 5.83 Å². The topological polar surface area (TPSA) is 121 Å². The van der Waals surface area contributed by atoms with Gasteiger partial charge in [0.1, 0.15) is 18.3 Å². The van der Waals surface area contributed by atoms with Crippen LogP contribution >= 0.6 is 0 Å². The molecule has 2 aliphatic rings. The highest BCUT2D eigenvalue weighted by molar-refractivity contribution is 5.85. The summed E-state index contributed by atoms with van der Waals surface area (Å²) in [6.45, 7) is 5.92. The monoisotopic (exact) mass is 371 g/mol. The van der Waals surface area contributed by atoms with E-state index in [1.165, 1.54) is 16.8 Å². The number of fused-ring (bicyclic) bond motifs is 1. The summed E-state index contributed by atoms with van der Waals surface area (Å²) in [5.74, 6) is -3.63. The number of ether oxygens (including phenoxy) is 3. The van der Waals surface area contributed by atoms with E-state index >= 15 is 0 Å². The molecule has 1 aromatic rings. The zero-order valence-electron chi connectivity index (χ0n) is 14.0. The van der Waals surface area contributed by atoms with Crippen LogP contribution in [0.2, 0.25) is 0 Å². The first-order chi connectivity index (χ1) is 12.2. The average molecular weight is 371 g/mol. The molecule has 0 saturated carbocycles. The van der Waals surface area contributed by atoms with E-state index in [0.717, 1.165) is 0 Å². The van der Waals surface area contributed by atoms with E-state index in [1.807, 2.05) is 0 Å². The predicted octanol–water partition coefficient (Wildman–Crippen LogP) is 0.00640. The minimum atomic E-state index is -1.33. The van der Waals surface area contributed by atoms with E-state index in [1.54, 1.807) is 13.8 Å². The number of aromatic nitrogens is 2. The molecule has 142 valence electrons. The lowest BCUT2D eigenvalue weighted by Crippen LogP contribution is -2.35. The Kier molecular flexibility index (Phi) is 4.80. The largest absolute Gasteiger partial charge is 0.394 e. The Morgan fingerprint density at radius 3 is 2.81 bits per heavy atom. The summed E-state index contributed by atoms with van der Waals surface area (Å²) in [7, 11) is 0. The zero-order valence-corrected chi connectivity index (χ0v) is 14.0. The fraction of sp³-hybridized carbons (Fsp3) is 0.533. The molecule has 2 saturated heterocycles. The number of hydrogen-bond acceptors (Lipinski definition) is 9. The molecular weight excluding hydrogens is 353 g/mol. The molecule has 0 radical (unpaired) electrons. The normalized spacial score (nSPS) is 29.2. The van der Waals surface area contributed by atoms with Crippen LogP contribution in [0.25, 0.3) is 0 Å². The van der Waals surface area contributed by atoms with Crippen molar-refractivity contribution in [2.75, 3.05) is 12.1 Å². The Balaban J connectivity index is 1.78. The molecule has 0 spiro atoms. The number of carbonyl (C=O) groups is 1. The van der Waals surface area contributed by atoms with Gasteiger partial charge in [-0.15, -0.1) is 0 Å². The minimum absolute atomic E-state index is 0.113. The van der Waals surface area contributed by atoms with Crippen molar-refractivity contribution in [2.24, 2.45) is 0 Å². The summed E-state index contributed by atoms with van der Waals surface area (Å²) >= 11 is 0. The maximum atomic E-state index is 12.5. The van der Waals surface area contributed by atoms with Crippen molar-refractivity contribution in [3.8, 4) is 0 Å². The third kappa shape index (κ3) is 3.46. The molecule has 3 rings (SSSR count). The van der Waals surface area contributed by atoms with Crippen LogP contribution in [-0.4, -0.2) is 51.3 Å². The standard InChI is InChI=1S/C15H18FN3O7/c1-7(16)13(21)26-18-9-4-5-19(14(22)17-9)12-11-10(8(6-20)23-12)24-15(2,3)25-11/h4-5,8,10-12,20H,1,6H2,2-3H3,(H,17,18,22)/t8-,10-,11-,12-/m1/s1. The Labute approximate surface area is 147 Å². The molecule has 2 aliphatic heterocycles. The van der Waals surface area contributed by atoms with Gasteiger partial charge in [-0.3, -0.25) is 4.57 Å². The Hall–Kier alpha value is -2.34. The summed E-state index contributed by atoms with van der Waals surface area (Å²) in [5, 5.41) is 9.47. The molecule has 0 bridgehead atoms. The third-order valence-corrected chi connectivity index (χ3v) is 3.88. The van der Waals surface area contributed by atoms with Crippen LogP contribution in [0.1, 0.15) is 20.1 Å². The van der Waals surface area contributed by atoms with Crippen LogP contribution in [0.15, 0.2) is 29.5 Å². The minimum Gasteiger partial charge on any atom is -0.394 e. The lowest BCUT2D eigenvalue weighted by atomic mass is 10.1. The van der Waals surface area contributed by atoms with E-state index in [0.29, 0.717) is 0 Å². The van der Waals surface area contributed by atoms with Crippen molar-refractivity contribution in [2.45, 2.75) is 44.2 Å². The number of hydrogen-bond donors (Lipinski definition) is 2. The first-order valence-electron chi connectivity index (χ1n) is 7.74. The molecule has 4 atom stereocenters. The number of anilines is 1. The second kappa shape index (κ2) is 6.76. The number of aliphatic hydroxyl groups excluding tert-OH is 1. The fourth-order valence-electron chi connectivity index (χ4n) is 2.85. The molecule has 0 aromatic carbocycles. The van der Waals surface area contributed by atoms with Gasteiger partial charge in [-0.1, -0.05) is 6.58 Å². The number of rotatable bonds is 5. The molecule has 11 heteroatoms. The van der Waals surface area contributed by atoms with Crippen molar-refractivity contribution in [1.29, 1.82) is 0 Å². The van der Waals surface area contributed by atoms with Crippen LogP contribution < -0.4 is 11.2 Å². The second-order valence-electron chi connectivity index (χ2n) is 6.21. The third-order valence-electron chi connectivity index (χ3n) is 3.88. The van der Waals surface area contributed by atoms with E-state index < -0.39 is 47.8 Å². The van der Waals surface area contributed by atoms with Crippen LogP contribution in [-0.2, 0) is 23.8 Å². The van der Waals surface area contributed by atoms with Gasteiger partial charge in [-0.2, -0.15) is 14.9 Å². The summed E-state index contributed by atoms with van der Waals surface area (Å²) in [6.07, 6.45) is -1.34. The maximum absolute atomic E-state index is 12.5. The summed E-state index contributed by atoms with van der Waals surface area (Å²) < 4.78 is 30.9. The fourth-order valence-corrected chi connectivity index (χ4v) is 2.85. The number of nitrogens with one attached hydrogen (secondary N) is 1. The van der Waals surface area contributed by atoms with Crippen molar-refractivity contribution >= 4 is 11.8 Å². The Bertz CT molecular complexity index is 781. The van der Waals surface area contributed by atoms with Crippen LogP contribution in [0.3, 0.4) is 0 Å². The highest BCUT2D eigenvalue weighted by Gasteiger charge is 2.55. The van der Waals surface area contributed by atoms with Crippen molar-refractivity contribution in [3.63, 3.8) is 0 Å². The molecule has 1 aromatic heterocycles. The van der Waals surface area contributed by atoms with E-state index in [-0.39, 0.29) is 12.4 Å². The zero-order chi connectivity index (χ0) is 19.1. The summed E-state index contributed by atoms with van der Waals surface area (Å²) in [4.78, 5) is 31.3. The molecule has 2 N–H and O–H groups in total. The quantitative estimate of drug-likeness (QED) is 0.544. The Morgan fingerprint density at radius 1 is 1.50 bits per heavy atom. The van der Waals surface area contributed by atoms with Gasteiger partial charge in [0.05, 0.1) is 6.61 Å². The van der Waals surface area contributed by atoms with Gasteiger partial charge in [0.25, 0.3) is 0 Å². The van der Waals surface area contributed by atoms with Crippen LogP contribution in [0, 0.1) is 0 Å². The van der Waals surface area contributed by atoms with Crippen molar-refractivity contribution in [1.82, 2.24) is 9.55 Å². The van der Waals surface area contributed by atoms with Crippen molar-refractivity contribution < 1.29 is 33.3 Å². The van der Waals surface area contributed by atoms with Gasteiger partial charge in [-0.25, -0.2) is 9.59 Å². The molecule has 26 heavy (non-hydrogen) atoms. The van der Waals surface area contributed by atoms with Gasteiger partial charge >= 0.3 is 11.7 Å². The van der Waals surface area contributed by atoms with E-state index in [4.69, 9.17) is 14.2 Å². The van der Waals surface area contributed by atoms with Gasteiger partial charge in [0.15, 0.2) is 17.8 Å².